The van der Waals surface area contributed by atoms with Crippen LogP contribution in [-0.2, 0) is 0 Å². The van der Waals surface area contributed by atoms with Crippen LogP contribution in [-0.4, -0.2) is 17.0 Å². The summed E-state index contributed by atoms with van der Waals surface area (Å²) in [5, 5.41) is 13.3. The molecule has 18 heavy (non-hydrogen) atoms. The van der Waals surface area contributed by atoms with Gasteiger partial charge in [-0.15, -0.1) is 0 Å². The monoisotopic (exact) mass is 259 g/mol. The van der Waals surface area contributed by atoms with Crippen LogP contribution in [0.15, 0.2) is 23.2 Å². The van der Waals surface area contributed by atoms with Crippen LogP contribution in [0.4, 0.5) is 5.69 Å². The Morgan fingerprint density at radius 3 is 3.11 bits per heavy atom. The maximum absolute atomic E-state index is 8.93. The summed E-state index contributed by atoms with van der Waals surface area (Å²) in [4.78, 5) is 4.68. The van der Waals surface area contributed by atoms with Gasteiger partial charge in [0.05, 0.1) is 17.7 Å². The molecule has 1 heterocycles. The van der Waals surface area contributed by atoms with Crippen LogP contribution in [0.1, 0.15) is 30.9 Å². The van der Waals surface area contributed by atoms with Crippen LogP contribution in [0.2, 0.25) is 0 Å². The maximum Gasteiger partial charge on any atom is 0.161 e. The molecule has 4 heteroatoms. The highest BCUT2D eigenvalue weighted by atomic mass is 32.2. The SMILES string of the molecule is CCC1CCSC(Nc2cc(C#N)ccc2C)=N1. The highest BCUT2D eigenvalue weighted by Crippen LogP contribution is 2.23. The van der Waals surface area contributed by atoms with Gasteiger partial charge in [-0.2, -0.15) is 5.26 Å². The van der Waals surface area contributed by atoms with Crippen molar-refractivity contribution in [3.8, 4) is 6.07 Å². The van der Waals surface area contributed by atoms with Gasteiger partial charge >= 0.3 is 0 Å². The van der Waals surface area contributed by atoms with Crippen molar-refractivity contribution in [1.82, 2.24) is 0 Å². The molecule has 0 fully saturated rings. The number of hydrogen-bond donors (Lipinski definition) is 1. The third kappa shape index (κ3) is 3.05. The fourth-order valence-corrected chi connectivity index (χ4v) is 2.85. The Balaban J connectivity index is 2.19. The predicted octanol–water partition coefficient (Wildman–Crippen LogP) is 3.55. The topological polar surface area (TPSA) is 48.2 Å². The van der Waals surface area contributed by atoms with Crippen LogP contribution < -0.4 is 5.32 Å². The standard InChI is InChI=1S/C14H17N3S/c1-3-12-6-7-18-14(16-12)17-13-8-11(9-15)5-4-10(13)2/h4-5,8,12H,3,6-7H2,1-2H3,(H,16,17). The molecule has 1 aliphatic heterocycles. The zero-order chi connectivity index (χ0) is 13.0. The fourth-order valence-electron chi connectivity index (χ4n) is 1.86. The lowest BCUT2D eigenvalue weighted by atomic mass is 10.1. The van der Waals surface area contributed by atoms with Gasteiger partial charge in [-0.1, -0.05) is 24.8 Å². The first-order valence-corrected chi connectivity index (χ1v) is 7.20. The van der Waals surface area contributed by atoms with E-state index >= 15 is 0 Å². The lowest BCUT2D eigenvalue weighted by Crippen LogP contribution is -2.20. The van der Waals surface area contributed by atoms with Gasteiger partial charge in [0, 0.05) is 11.4 Å². The summed E-state index contributed by atoms with van der Waals surface area (Å²) >= 11 is 1.76. The van der Waals surface area contributed by atoms with Gasteiger partial charge in [0.2, 0.25) is 0 Å². The van der Waals surface area contributed by atoms with Gasteiger partial charge < -0.3 is 5.32 Å². The zero-order valence-electron chi connectivity index (χ0n) is 10.7. The number of rotatable bonds is 2. The van der Waals surface area contributed by atoms with Gasteiger partial charge in [0.1, 0.15) is 0 Å². The maximum atomic E-state index is 8.93. The normalized spacial score (nSPS) is 18.9. The second-order valence-corrected chi connectivity index (χ2v) is 5.48. The van der Waals surface area contributed by atoms with Crippen LogP contribution in [0.3, 0.4) is 0 Å². The summed E-state index contributed by atoms with van der Waals surface area (Å²) < 4.78 is 0. The highest BCUT2D eigenvalue weighted by Gasteiger charge is 2.14. The van der Waals surface area contributed by atoms with E-state index in [1.807, 2.05) is 25.1 Å². The molecule has 0 bridgehead atoms. The minimum Gasteiger partial charge on any atom is -0.335 e. The van der Waals surface area contributed by atoms with E-state index in [4.69, 9.17) is 5.26 Å². The summed E-state index contributed by atoms with van der Waals surface area (Å²) in [7, 11) is 0. The molecule has 1 aromatic carbocycles. The molecule has 1 aliphatic rings. The molecule has 0 aromatic heterocycles. The molecule has 0 saturated carbocycles. The Morgan fingerprint density at radius 1 is 1.56 bits per heavy atom. The van der Waals surface area contributed by atoms with E-state index in [1.54, 1.807) is 11.8 Å². The molecule has 0 radical (unpaired) electrons. The first-order valence-electron chi connectivity index (χ1n) is 6.21. The second-order valence-electron chi connectivity index (χ2n) is 4.40. The highest BCUT2D eigenvalue weighted by molar-refractivity contribution is 8.14. The summed E-state index contributed by atoms with van der Waals surface area (Å²) in [6, 6.07) is 8.29. The largest absolute Gasteiger partial charge is 0.335 e. The number of nitriles is 1. The molecule has 1 N–H and O–H groups in total. The molecule has 1 aromatic rings. The van der Waals surface area contributed by atoms with Crippen molar-refractivity contribution in [2.75, 3.05) is 11.1 Å². The van der Waals surface area contributed by atoms with E-state index in [-0.39, 0.29) is 0 Å². The van der Waals surface area contributed by atoms with E-state index in [2.05, 4.69) is 23.3 Å². The number of aryl methyl sites for hydroxylation is 1. The third-order valence-corrected chi connectivity index (χ3v) is 3.99. The number of thioether (sulfide) groups is 1. The van der Waals surface area contributed by atoms with Gasteiger partial charge in [0.15, 0.2) is 5.17 Å². The Morgan fingerprint density at radius 2 is 2.39 bits per heavy atom. The number of nitrogens with one attached hydrogen (secondary N) is 1. The number of amidine groups is 1. The van der Waals surface area contributed by atoms with E-state index in [1.165, 1.54) is 0 Å². The molecular formula is C14H17N3S. The number of anilines is 1. The Hall–Kier alpha value is -1.47. The first-order chi connectivity index (χ1) is 8.72. The van der Waals surface area contributed by atoms with Crippen molar-refractivity contribution in [2.24, 2.45) is 4.99 Å². The molecule has 0 spiro atoms. The Kier molecular flexibility index (Phi) is 4.27. The van der Waals surface area contributed by atoms with Crippen molar-refractivity contribution in [3.63, 3.8) is 0 Å². The number of nitrogens with zero attached hydrogens (tertiary/aromatic N) is 2. The first kappa shape index (κ1) is 13.0. The lowest BCUT2D eigenvalue weighted by molar-refractivity contribution is 0.634. The predicted molar refractivity (Wildman–Crippen MR) is 78.1 cm³/mol. The van der Waals surface area contributed by atoms with Gasteiger partial charge in [-0.25, -0.2) is 0 Å². The fraction of sp³-hybridized carbons (Fsp3) is 0.429. The van der Waals surface area contributed by atoms with Crippen molar-refractivity contribution >= 4 is 22.6 Å². The van der Waals surface area contributed by atoms with E-state index in [9.17, 15) is 0 Å². The Labute approximate surface area is 112 Å². The zero-order valence-corrected chi connectivity index (χ0v) is 11.5. The van der Waals surface area contributed by atoms with Gasteiger partial charge in [0.25, 0.3) is 0 Å². The molecule has 2 rings (SSSR count). The number of aliphatic imine (C=N–C) groups is 1. The number of benzene rings is 1. The average Bonchev–Trinajstić information content (AvgIpc) is 2.41. The van der Waals surface area contributed by atoms with Crippen molar-refractivity contribution in [2.45, 2.75) is 32.7 Å². The smallest absolute Gasteiger partial charge is 0.161 e. The molecule has 3 nitrogen and oxygen atoms in total. The van der Waals surface area contributed by atoms with Crippen molar-refractivity contribution in [1.29, 1.82) is 5.26 Å². The number of hydrogen-bond acceptors (Lipinski definition) is 4. The summed E-state index contributed by atoms with van der Waals surface area (Å²) in [6.07, 6.45) is 2.24. The van der Waals surface area contributed by atoms with Crippen LogP contribution in [0.5, 0.6) is 0 Å². The van der Waals surface area contributed by atoms with E-state index in [0.717, 1.165) is 35.0 Å². The third-order valence-electron chi connectivity index (χ3n) is 3.07. The van der Waals surface area contributed by atoms with Crippen molar-refractivity contribution < 1.29 is 0 Å². The average molecular weight is 259 g/mol. The quantitative estimate of drug-likeness (QED) is 0.883. The van der Waals surface area contributed by atoms with Crippen molar-refractivity contribution in [3.05, 3.63) is 29.3 Å². The minimum atomic E-state index is 0.438. The molecule has 0 aliphatic carbocycles. The van der Waals surface area contributed by atoms with Crippen LogP contribution >= 0.6 is 11.8 Å². The summed E-state index contributed by atoms with van der Waals surface area (Å²) in [5.74, 6) is 1.11. The summed E-state index contributed by atoms with van der Waals surface area (Å²) in [6.45, 7) is 4.21. The Bertz CT molecular complexity index is 502. The van der Waals surface area contributed by atoms with Gasteiger partial charge in [-0.05, 0) is 37.5 Å². The van der Waals surface area contributed by atoms with E-state index in [0.29, 0.717) is 11.6 Å². The lowest BCUT2D eigenvalue weighted by Gasteiger charge is -2.20. The summed E-state index contributed by atoms with van der Waals surface area (Å²) in [5.41, 5.74) is 2.80. The van der Waals surface area contributed by atoms with Crippen LogP contribution in [0.25, 0.3) is 0 Å². The molecule has 94 valence electrons. The molecule has 1 unspecified atom stereocenters. The molecule has 1 atom stereocenters. The molecular weight excluding hydrogens is 242 g/mol. The second kappa shape index (κ2) is 5.92. The van der Waals surface area contributed by atoms with E-state index < -0.39 is 0 Å². The molecule has 0 amide bonds. The van der Waals surface area contributed by atoms with Crippen LogP contribution in [0, 0.1) is 18.3 Å². The minimum absolute atomic E-state index is 0.438. The van der Waals surface area contributed by atoms with Gasteiger partial charge in [-0.3, -0.25) is 4.99 Å². The molecule has 0 saturated heterocycles.